The Kier molecular flexibility index (Phi) is 4.09. The molecule has 0 radical (unpaired) electrons. The summed E-state index contributed by atoms with van der Waals surface area (Å²) in [6.45, 7) is 5.23. The quantitative estimate of drug-likeness (QED) is 0.359. The molecular weight excluding hydrogens is 362 g/mol. The number of ether oxygens (including phenoxy) is 1. The van der Waals surface area contributed by atoms with Gasteiger partial charge in [0, 0.05) is 10.0 Å². The van der Waals surface area contributed by atoms with Crippen LogP contribution in [0.15, 0.2) is 59.1 Å². The lowest BCUT2D eigenvalue weighted by Crippen LogP contribution is -2.08. The van der Waals surface area contributed by atoms with Crippen molar-refractivity contribution in [3.8, 4) is 16.3 Å². The molecule has 1 heterocycles. The minimum Gasteiger partial charge on any atom is -0.422 e. The third kappa shape index (κ3) is 2.96. The van der Waals surface area contributed by atoms with Crippen LogP contribution in [0.25, 0.3) is 20.8 Å². The Morgan fingerprint density at radius 2 is 2.05 bits per heavy atom. The maximum atomic E-state index is 11.8. The standard InChI is InChI=1S/C17H12BrNO2S/c1-10(2)17(20)21-14-9-11(18)7-8-12(14)16-19-13-5-3-4-6-15(13)22-16/h3-9H,1H2,2H3. The molecule has 1 aromatic heterocycles. The van der Waals surface area contributed by atoms with Crippen LogP contribution in [-0.4, -0.2) is 11.0 Å². The van der Waals surface area contributed by atoms with E-state index in [0.717, 1.165) is 25.3 Å². The Morgan fingerprint density at radius 3 is 2.77 bits per heavy atom. The Balaban J connectivity index is 2.09. The Bertz CT molecular complexity index is 852. The van der Waals surface area contributed by atoms with Crippen molar-refractivity contribution in [2.75, 3.05) is 0 Å². The van der Waals surface area contributed by atoms with E-state index in [1.165, 1.54) is 0 Å². The van der Waals surface area contributed by atoms with E-state index in [4.69, 9.17) is 4.74 Å². The van der Waals surface area contributed by atoms with Crippen molar-refractivity contribution in [3.63, 3.8) is 0 Å². The van der Waals surface area contributed by atoms with Crippen LogP contribution in [0.5, 0.6) is 5.75 Å². The van der Waals surface area contributed by atoms with Gasteiger partial charge < -0.3 is 4.74 Å². The minimum absolute atomic E-state index is 0.357. The predicted molar refractivity (Wildman–Crippen MR) is 93.2 cm³/mol. The predicted octanol–water partition coefficient (Wildman–Crippen LogP) is 5.21. The van der Waals surface area contributed by atoms with Crippen LogP contribution in [0.1, 0.15) is 6.92 Å². The van der Waals surface area contributed by atoms with E-state index in [1.807, 2.05) is 36.4 Å². The first-order chi connectivity index (χ1) is 10.5. The molecule has 0 unspecified atom stereocenters. The van der Waals surface area contributed by atoms with Crippen LogP contribution in [0.4, 0.5) is 0 Å². The van der Waals surface area contributed by atoms with Crippen molar-refractivity contribution in [3.05, 3.63) is 59.1 Å². The van der Waals surface area contributed by atoms with Crippen LogP contribution in [-0.2, 0) is 4.79 Å². The van der Waals surface area contributed by atoms with Crippen molar-refractivity contribution >= 4 is 43.5 Å². The zero-order valence-electron chi connectivity index (χ0n) is 11.8. The molecule has 0 aliphatic heterocycles. The van der Waals surface area contributed by atoms with Gasteiger partial charge in [-0.15, -0.1) is 11.3 Å². The van der Waals surface area contributed by atoms with Crippen molar-refractivity contribution in [2.45, 2.75) is 6.92 Å². The number of rotatable bonds is 3. The number of hydrogen-bond acceptors (Lipinski definition) is 4. The molecule has 0 saturated carbocycles. The first kappa shape index (κ1) is 14.9. The number of hydrogen-bond donors (Lipinski definition) is 0. The minimum atomic E-state index is -0.444. The summed E-state index contributed by atoms with van der Waals surface area (Å²) in [5.41, 5.74) is 2.08. The molecule has 0 saturated heterocycles. The number of carbonyl (C=O) groups excluding carboxylic acids is 1. The molecule has 3 rings (SSSR count). The molecule has 0 fully saturated rings. The number of halogens is 1. The summed E-state index contributed by atoms with van der Waals surface area (Å²) in [6.07, 6.45) is 0. The smallest absolute Gasteiger partial charge is 0.338 e. The summed E-state index contributed by atoms with van der Waals surface area (Å²) in [5, 5.41) is 0.818. The van der Waals surface area contributed by atoms with Gasteiger partial charge in [0.2, 0.25) is 0 Å². The number of para-hydroxylation sites is 1. The molecule has 2 aromatic carbocycles. The van der Waals surface area contributed by atoms with Gasteiger partial charge in [0.05, 0.1) is 15.8 Å². The van der Waals surface area contributed by atoms with Crippen LogP contribution >= 0.6 is 27.3 Å². The second kappa shape index (κ2) is 6.02. The first-order valence-electron chi connectivity index (χ1n) is 6.58. The summed E-state index contributed by atoms with van der Waals surface area (Å²) < 4.78 is 7.37. The van der Waals surface area contributed by atoms with Crippen molar-refractivity contribution in [1.29, 1.82) is 0 Å². The number of thiazole rings is 1. The van der Waals surface area contributed by atoms with E-state index in [9.17, 15) is 4.79 Å². The second-order valence-corrected chi connectivity index (χ2v) is 6.74. The number of aromatic nitrogens is 1. The molecule has 3 aromatic rings. The van der Waals surface area contributed by atoms with Gasteiger partial charge in [-0.3, -0.25) is 0 Å². The van der Waals surface area contributed by atoms with E-state index in [1.54, 1.807) is 24.3 Å². The largest absolute Gasteiger partial charge is 0.422 e. The van der Waals surface area contributed by atoms with Gasteiger partial charge in [-0.05, 0) is 37.3 Å². The van der Waals surface area contributed by atoms with Gasteiger partial charge in [0.25, 0.3) is 0 Å². The van der Waals surface area contributed by atoms with E-state index >= 15 is 0 Å². The highest BCUT2D eigenvalue weighted by atomic mass is 79.9. The average Bonchev–Trinajstić information content (AvgIpc) is 2.90. The topological polar surface area (TPSA) is 39.2 Å². The summed E-state index contributed by atoms with van der Waals surface area (Å²) in [5.74, 6) is 0.0295. The molecular formula is C17H12BrNO2S. The molecule has 22 heavy (non-hydrogen) atoms. The molecule has 3 nitrogen and oxygen atoms in total. The van der Waals surface area contributed by atoms with Crippen LogP contribution < -0.4 is 4.74 Å². The summed E-state index contributed by atoms with van der Waals surface area (Å²) in [7, 11) is 0. The zero-order chi connectivity index (χ0) is 15.7. The number of fused-ring (bicyclic) bond motifs is 1. The lowest BCUT2D eigenvalue weighted by molar-refractivity contribution is -0.130. The van der Waals surface area contributed by atoms with E-state index < -0.39 is 5.97 Å². The Hall–Kier alpha value is -1.98. The molecule has 0 amide bonds. The van der Waals surface area contributed by atoms with Gasteiger partial charge in [-0.25, -0.2) is 9.78 Å². The third-order valence-electron chi connectivity index (χ3n) is 3.02. The van der Waals surface area contributed by atoms with Gasteiger partial charge in [-0.1, -0.05) is 34.6 Å². The van der Waals surface area contributed by atoms with Gasteiger partial charge >= 0.3 is 5.97 Å². The highest BCUT2D eigenvalue weighted by Crippen LogP contribution is 2.37. The average molecular weight is 374 g/mol. The molecule has 0 aliphatic rings. The molecule has 0 aliphatic carbocycles. The lowest BCUT2D eigenvalue weighted by atomic mass is 10.2. The molecule has 0 bridgehead atoms. The van der Waals surface area contributed by atoms with Crippen molar-refractivity contribution in [2.24, 2.45) is 0 Å². The lowest BCUT2D eigenvalue weighted by Gasteiger charge is -2.08. The summed E-state index contributed by atoms with van der Waals surface area (Å²) in [4.78, 5) is 16.4. The fraction of sp³-hybridized carbons (Fsp3) is 0.0588. The molecule has 0 spiro atoms. The molecule has 5 heteroatoms. The highest BCUT2D eigenvalue weighted by Gasteiger charge is 2.15. The van der Waals surface area contributed by atoms with Gasteiger partial charge in [-0.2, -0.15) is 0 Å². The summed E-state index contributed by atoms with van der Waals surface area (Å²) in [6, 6.07) is 13.5. The van der Waals surface area contributed by atoms with Crippen LogP contribution in [0, 0.1) is 0 Å². The SMILES string of the molecule is C=C(C)C(=O)Oc1cc(Br)ccc1-c1nc2ccccc2s1. The van der Waals surface area contributed by atoms with Gasteiger partial charge in [0.1, 0.15) is 10.8 Å². The first-order valence-corrected chi connectivity index (χ1v) is 8.19. The van der Waals surface area contributed by atoms with Crippen molar-refractivity contribution in [1.82, 2.24) is 4.98 Å². The number of carbonyl (C=O) groups is 1. The monoisotopic (exact) mass is 373 g/mol. The summed E-state index contributed by atoms with van der Waals surface area (Å²) >= 11 is 4.97. The second-order valence-electron chi connectivity index (χ2n) is 4.80. The zero-order valence-corrected chi connectivity index (χ0v) is 14.2. The molecule has 0 N–H and O–H groups in total. The Morgan fingerprint density at radius 1 is 1.27 bits per heavy atom. The normalized spacial score (nSPS) is 10.6. The van der Waals surface area contributed by atoms with E-state index in [2.05, 4.69) is 27.5 Å². The van der Waals surface area contributed by atoms with Crippen LogP contribution in [0.3, 0.4) is 0 Å². The fourth-order valence-corrected chi connectivity index (χ4v) is 3.27. The third-order valence-corrected chi connectivity index (χ3v) is 4.58. The van der Waals surface area contributed by atoms with E-state index in [-0.39, 0.29) is 0 Å². The fourth-order valence-electron chi connectivity index (χ4n) is 1.93. The van der Waals surface area contributed by atoms with E-state index in [0.29, 0.717) is 11.3 Å². The van der Waals surface area contributed by atoms with Crippen LogP contribution in [0.2, 0.25) is 0 Å². The number of benzene rings is 2. The van der Waals surface area contributed by atoms with Gasteiger partial charge in [0.15, 0.2) is 0 Å². The molecule has 0 atom stereocenters. The molecule has 110 valence electrons. The number of nitrogens with zero attached hydrogens (tertiary/aromatic N) is 1. The maximum absolute atomic E-state index is 11.8. The maximum Gasteiger partial charge on any atom is 0.338 e. The number of esters is 1. The highest BCUT2D eigenvalue weighted by molar-refractivity contribution is 9.10. The van der Waals surface area contributed by atoms with Crippen molar-refractivity contribution < 1.29 is 9.53 Å². The Labute approximate surface area is 140 Å².